The number of aryl methyl sites for hydroxylation is 1. The zero-order valence-electron chi connectivity index (χ0n) is 8.75. The molecule has 0 aliphatic heterocycles. The minimum Gasteiger partial charge on any atom is -0.508 e. The van der Waals surface area contributed by atoms with Crippen LogP contribution in [0.5, 0.6) is 5.75 Å². The number of aromatic hydroxyl groups is 1. The van der Waals surface area contributed by atoms with E-state index in [1.165, 1.54) is 12.8 Å². The van der Waals surface area contributed by atoms with Crippen molar-refractivity contribution in [3.8, 4) is 5.75 Å². The molecule has 2 nitrogen and oxygen atoms in total. The monoisotopic (exact) mass is 191 g/mol. The second kappa shape index (κ2) is 3.52. The van der Waals surface area contributed by atoms with Crippen LogP contribution in [0, 0.1) is 12.8 Å². The molecule has 1 saturated carbocycles. The van der Waals surface area contributed by atoms with Gasteiger partial charge in [0, 0.05) is 11.7 Å². The number of phenols is 1. The molecule has 1 atom stereocenters. The van der Waals surface area contributed by atoms with Crippen LogP contribution in [0.2, 0.25) is 0 Å². The molecule has 1 unspecified atom stereocenters. The topological polar surface area (TPSA) is 32.3 Å². The van der Waals surface area contributed by atoms with Gasteiger partial charge in [0.15, 0.2) is 0 Å². The fourth-order valence-corrected chi connectivity index (χ4v) is 1.77. The van der Waals surface area contributed by atoms with Crippen molar-refractivity contribution in [2.24, 2.45) is 5.92 Å². The Morgan fingerprint density at radius 1 is 1.43 bits per heavy atom. The number of phenolic OH excluding ortho intramolecular Hbond substituents is 1. The normalized spacial score (nSPS) is 17.9. The molecule has 1 aliphatic carbocycles. The maximum atomic E-state index is 9.27. The van der Waals surface area contributed by atoms with Crippen LogP contribution in [0.1, 0.15) is 25.3 Å². The van der Waals surface area contributed by atoms with Gasteiger partial charge >= 0.3 is 0 Å². The molecule has 1 aliphatic rings. The molecule has 1 fully saturated rings. The molecule has 1 aromatic carbocycles. The van der Waals surface area contributed by atoms with Crippen molar-refractivity contribution in [3.05, 3.63) is 23.8 Å². The standard InChI is InChI=1S/C12H17NO/c1-8-7-11(14)5-6-12(8)13-9(2)10-3-4-10/h5-7,9-10,13-14H,3-4H2,1-2H3. The van der Waals surface area contributed by atoms with Crippen LogP contribution in [0.15, 0.2) is 18.2 Å². The molecule has 2 N–H and O–H groups in total. The highest BCUT2D eigenvalue weighted by Gasteiger charge is 2.27. The number of nitrogens with one attached hydrogen (secondary N) is 1. The minimum absolute atomic E-state index is 0.340. The van der Waals surface area contributed by atoms with E-state index < -0.39 is 0 Å². The molecule has 1 aromatic rings. The highest BCUT2D eigenvalue weighted by atomic mass is 16.3. The third-order valence-electron chi connectivity index (χ3n) is 2.92. The maximum absolute atomic E-state index is 9.27. The predicted octanol–water partition coefficient (Wildman–Crippen LogP) is 2.91. The summed E-state index contributed by atoms with van der Waals surface area (Å²) in [5, 5.41) is 12.8. The van der Waals surface area contributed by atoms with E-state index in [1.807, 2.05) is 13.0 Å². The zero-order chi connectivity index (χ0) is 10.1. The maximum Gasteiger partial charge on any atom is 0.115 e. The minimum atomic E-state index is 0.340. The average Bonchev–Trinajstić information content (AvgIpc) is 2.92. The van der Waals surface area contributed by atoms with Gasteiger partial charge < -0.3 is 10.4 Å². The lowest BCUT2D eigenvalue weighted by atomic mass is 10.1. The largest absolute Gasteiger partial charge is 0.508 e. The van der Waals surface area contributed by atoms with E-state index in [0.717, 1.165) is 17.2 Å². The third-order valence-corrected chi connectivity index (χ3v) is 2.92. The van der Waals surface area contributed by atoms with Crippen LogP contribution in [0.25, 0.3) is 0 Å². The summed E-state index contributed by atoms with van der Waals surface area (Å²) in [6.45, 7) is 4.24. The van der Waals surface area contributed by atoms with E-state index in [9.17, 15) is 5.11 Å². The van der Waals surface area contributed by atoms with Crippen LogP contribution < -0.4 is 5.32 Å². The Labute approximate surface area is 85.0 Å². The van der Waals surface area contributed by atoms with Gasteiger partial charge in [-0.1, -0.05) is 0 Å². The van der Waals surface area contributed by atoms with Crippen molar-refractivity contribution >= 4 is 5.69 Å². The highest BCUT2D eigenvalue weighted by molar-refractivity contribution is 5.54. The van der Waals surface area contributed by atoms with Crippen LogP contribution in [0.3, 0.4) is 0 Å². The Hall–Kier alpha value is -1.18. The Balaban J connectivity index is 2.07. The molecule has 0 aromatic heterocycles. The number of hydrogen-bond acceptors (Lipinski definition) is 2. The molecule has 0 spiro atoms. The van der Waals surface area contributed by atoms with E-state index in [-0.39, 0.29) is 0 Å². The molecule has 0 radical (unpaired) electrons. The SMILES string of the molecule is Cc1cc(O)ccc1NC(C)C1CC1. The highest BCUT2D eigenvalue weighted by Crippen LogP contribution is 2.34. The number of anilines is 1. The first-order chi connectivity index (χ1) is 6.66. The Morgan fingerprint density at radius 3 is 2.71 bits per heavy atom. The van der Waals surface area contributed by atoms with Crippen molar-refractivity contribution in [1.82, 2.24) is 0 Å². The van der Waals surface area contributed by atoms with Crippen molar-refractivity contribution in [2.45, 2.75) is 32.7 Å². The van der Waals surface area contributed by atoms with Crippen molar-refractivity contribution in [1.29, 1.82) is 0 Å². The second-order valence-corrected chi connectivity index (χ2v) is 4.27. The van der Waals surface area contributed by atoms with Gasteiger partial charge in [-0.15, -0.1) is 0 Å². The van der Waals surface area contributed by atoms with Crippen molar-refractivity contribution < 1.29 is 5.11 Å². The van der Waals surface area contributed by atoms with E-state index >= 15 is 0 Å². The van der Waals surface area contributed by atoms with Gasteiger partial charge in [0.05, 0.1) is 0 Å². The van der Waals surface area contributed by atoms with Crippen LogP contribution in [0.4, 0.5) is 5.69 Å². The zero-order valence-corrected chi connectivity index (χ0v) is 8.75. The summed E-state index contributed by atoms with van der Waals surface area (Å²) in [6, 6.07) is 6.03. The molecule has 0 bridgehead atoms. The van der Waals surface area contributed by atoms with Crippen molar-refractivity contribution in [2.75, 3.05) is 5.32 Å². The molecule has 14 heavy (non-hydrogen) atoms. The van der Waals surface area contributed by atoms with E-state index in [0.29, 0.717) is 11.8 Å². The van der Waals surface area contributed by atoms with Gasteiger partial charge in [-0.25, -0.2) is 0 Å². The summed E-state index contributed by atoms with van der Waals surface area (Å²) in [7, 11) is 0. The first-order valence-corrected chi connectivity index (χ1v) is 5.23. The summed E-state index contributed by atoms with van der Waals surface area (Å²) in [5.74, 6) is 1.19. The first-order valence-electron chi connectivity index (χ1n) is 5.23. The lowest BCUT2D eigenvalue weighted by molar-refractivity contribution is 0.475. The fourth-order valence-electron chi connectivity index (χ4n) is 1.77. The quantitative estimate of drug-likeness (QED) is 0.720. The Morgan fingerprint density at radius 2 is 2.14 bits per heavy atom. The molecule has 0 heterocycles. The second-order valence-electron chi connectivity index (χ2n) is 4.27. The average molecular weight is 191 g/mol. The number of benzene rings is 1. The Kier molecular flexibility index (Phi) is 2.36. The van der Waals surface area contributed by atoms with Gasteiger partial charge in [0.2, 0.25) is 0 Å². The summed E-state index contributed by atoms with van der Waals surface area (Å²) in [5.41, 5.74) is 2.25. The summed E-state index contributed by atoms with van der Waals surface area (Å²) < 4.78 is 0. The Bertz CT molecular complexity index is 331. The summed E-state index contributed by atoms with van der Waals surface area (Å²) >= 11 is 0. The summed E-state index contributed by atoms with van der Waals surface area (Å²) in [6.07, 6.45) is 2.70. The summed E-state index contributed by atoms with van der Waals surface area (Å²) in [4.78, 5) is 0. The molecule has 0 saturated heterocycles. The van der Waals surface area contributed by atoms with Gasteiger partial charge in [-0.2, -0.15) is 0 Å². The lowest BCUT2D eigenvalue weighted by Crippen LogP contribution is -2.17. The molecular formula is C12H17NO. The van der Waals surface area contributed by atoms with Gasteiger partial charge in [-0.05, 0) is 56.4 Å². The van der Waals surface area contributed by atoms with Gasteiger partial charge in [-0.3, -0.25) is 0 Å². The molecular weight excluding hydrogens is 174 g/mol. The van der Waals surface area contributed by atoms with Gasteiger partial charge in [0.1, 0.15) is 5.75 Å². The van der Waals surface area contributed by atoms with Gasteiger partial charge in [0.25, 0.3) is 0 Å². The van der Waals surface area contributed by atoms with E-state index in [2.05, 4.69) is 12.2 Å². The molecule has 2 heteroatoms. The smallest absolute Gasteiger partial charge is 0.115 e. The fraction of sp³-hybridized carbons (Fsp3) is 0.500. The van der Waals surface area contributed by atoms with Crippen LogP contribution in [-0.2, 0) is 0 Å². The number of rotatable bonds is 3. The van der Waals surface area contributed by atoms with E-state index in [4.69, 9.17) is 0 Å². The molecule has 76 valence electrons. The molecule has 2 rings (SSSR count). The van der Waals surface area contributed by atoms with Crippen LogP contribution >= 0.6 is 0 Å². The number of hydrogen-bond donors (Lipinski definition) is 2. The van der Waals surface area contributed by atoms with Crippen LogP contribution in [-0.4, -0.2) is 11.1 Å². The third kappa shape index (κ3) is 2.00. The van der Waals surface area contributed by atoms with Crippen molar-refractivity contribution in [3.63, 3.8) is 0 Å². The van der Waals surface area contributed by atoms with E-state index in [1.54, 1.807) is 12.1 Å². The first kappa shape index (κ1) is 9.38. The predicted molar refractivity (Wildman–Crippen MR) is 58.7 cm³/mol. The lowest BCUT2D eigenvalue weighted by Gasteiger charge is -2.16. The molecule has 0 amide bonds.